The summed E-state index contributed by atoms with van der Waals surface area (Å²) in [6.45, 7) is 4.35. The number of nitrogens with two attached hydrogens (primary N) is 1. The van der Waals surface area contributed by atoms with E-state index in [4.69, 9.17) is 10.5 Å². The third kappa shape index (κ3) is 4.05. The maximum Gasteiger partial charge on any atom is 0.255 e. The van der Waals surface area contributed by atoms with Crippen molar-refractivity contribution in [2.24, 2.45) is 5.92 Å². The highest BCUT2D eigenvalue weighted by Gasteiger charge is 2.18. The number of nitrogen functional groups attached to an aromatic ring is 1. The van der Waals surface area contributed by atoms with Crippen molar-refractivity contribution < 1.29 is 9.53 Å². The monoisotopic (exact) mass is 339 g/mol. The number of ether oxygens (including phenoxy) is 1. The SMILES string of the molecule is COc1ccc(C(=O)Nc2ccc(N3CCC(C)CC3)c(N)c2)cc1. The largest absolute Gasteiger partial charge is 0.497 e. The molecule has 132 valence electrons. The van der Waals surface area contributed by atoms with Crippen molar-refractivity contribution in [1.29, 1.82) is 0 Å². The first-order valence-electron chi connectivity index (χ1n) is 8.66. The Morgan fingerprint density at radius 2 is 1.84 bits per heavy atom. The first kappa shape index (κ1) is 17.1. The van der Waals surface area contributed by atoms with Crippen molar-refractivity contribution in [3.8, 4) is 5.75 Å². The van der Waals surface area contributed by atoms with Crippen LogP contribution in [0.4, 0.5) is 17.1 Å². The second-order valence-corrected chi connectivity index (χ2v) is 6.63. The van der Waals surface area contributed by atoms with E-state index in [0.717, 1.165) is 30.4 Å². The lowest BCUT2D eigenvalue weighted by molar-refractivity contribution is 0.102. The number of anilines is 3. The van der Waals surface area contributed by atoms with Gasteiger partial charge in [0.15, 0.2) is 0 Å². The fraction of sp³-hybridized carbons (Fsp3) is 0.350. The van der Waals surface area contributed by atoms with Crippen LogP contribution in [0.15, 0.2) is 42.5 Å². The molecule has 0 spiro atoms. The molecule has 0 aromatic heterocycles. The van der Waals surface area contributed by atoms with Crippen LogP contribution >= 0.6 is 0 Å². The van der Waals surface area contributed by atoms with E-state index in [-0.39, 0.29) is 5.91 Å². The van der Waals surface area contributed by atoms with Crippen molar-refractivity contribution in [2.45, 2.75) is 19.8 Å². The summed E-state index contributed by atoms with van der Waals surface area (Å²) < 4.78 is 5.11. The summed E-state index contributed by atoms with van der Waals surface area (Å²) >= 11 is 0. The first-order chi connectivity index (χ1) is 12.1. The average molecular weight is 339 g/mol. The molecule has 1 heterocycles. The standard InChI is InChI=1S/C20H25N3O2/c1-14-9-11-23(12-10-14)19-8-5-16(13-18(19)21)22-20(24)15-3-6-17(25-2)7-4-15/h3-8,13-14H,9-12,21H2,1-2H3,(H,22,24). The number of rotatable bonds is 4. The van der Waals surface area contributed by atoms with Crippen molar-refractivity contribution in [3.05, 3.63) is 48.0 Å². The second-order valence-electron chi connectivity index (χ2n) is 6.63. The molecule has 25 heavy (non-hydrogen) atoms. The first-order valence-corrected chi connectivity index (χ1v) is 8.66. The van der Waals surface area contributed by atoms with Gasteiger partial charge in [0.1, 0.15) is 5.75 Å². The Morgan fingerprint density at radius 1 is 1.16 bits per heavy atom. The van der Waals surface area contributed by atoms with Crippen LogP contribution < -0.4 is 20.7 Å². The van der Waals surface area contributed by atoms with Gasteiger partial charge in [0.25, 0.3) is 5.91 Å². The number of nitrogens with one attached hydrogen (secondary N) is 1. The lowest BCUT2D eigenvalue weighted by atomic mass is 9.98. The molecule has 0 bridgehead atoms. The molecule has 1 saturated heterocycles. The zero-order valence-electron chi connectivity index (χ0n) is 14.8. The minimum absolute atomic E-state index is 0.165. The van der Waals surface area contributed by atoms with Crippen molar-refractivity contribution >= 4 is 23.0 Å². The van der Waals surface area contributed by atoms with Crippen molar-refractivity contribution in [3.63, 3.8) is 0 Å². The molecule has 5 heteroatoms. The van der Waals surface area contributed by atoms with Gasteiger partial charge in [-0.25, -0.2) is 0 Å². The number of piperidine rings is 1. The summed E-state index contributed by atoms with van der Waals surface area (Å²) in [5.41, 5.74) is 9.25. The Kier molecular flexibility index (Phi) is 5.12. The van der Waals surface area contributed by atoms with Gasteiger partial charge in [0.2, 0.25) is 0 Å². The molecule has 5 nitrogen and oxygen atoms in total. The molecule has 0 unspecified atom stereocenters. The van der Waals surface area contributed by atoms with E-state index < -0.39 is 0 Å². The summed E-state index contributed by atoms with van der Waals surface area (Å²) in [4.78, 5) is 14.7. The molecule has 1 fully saturated rings. The van der Waals surface area contributed by atoms with Gasteiger partial charge in [-0.05, 0) is 61.2 Å². The molecule has 3 N–H and O–H groups in total. The smallest absolute Gasteiger partial charge is 0.255 e. The van der Waals surface area contributed by atoms with Crippen LogP contribution in [0.2, 0.25) is 0 Å². The Morgan fingerprint density at radius 3 is 2.44 bits per heavy atom. The number of benzene rings is 2. The highest BCUT2D eigenvalue weighted by molar-refractivity contribution is 6.04. The van der Waals surface area contributed by atoms with Crippen LogP contribution in [0.5, 0.6) is 5.75 Å². The predicted octanol–water partition coefficient (Wildman–Crippen LogP) is 3.77. The fourth-order valence-corrected chi connectivity index (χ4v) is 3.12. The van der Waals surface area contributed by atoms with E-state index >= 15 is 0 Å². The number of carbonyl (C=O) groups excluding carboxylic acids is 1. The van der Waals surface area contributed by atoms with Gasteiger partial charge >= 0.3 is 0 Å². The molecule has 2 aromatic carbocycles. The van der Waals surface area contributed by atoms with Crippen LogP contribution in [-0.2, 0) is 0 Å². The number of methoxy groups -OCH3 is 1. The minimum Gasteiger partial charge on any atom is -0.497 e. The normalized spacial score (nSPS) is 15.0. The topological polar surface area (TPSA) is 67.6 Å². The van der Waals surface area contributed by atoms with E-state index in [1.54, 1.807) is 31.4 Å². The van der Waals surface area contributed by atoms with Crippen LogP contribution in [0.3, 0.4) is 0 Å². The molecule has 3 rings (SSSR count). The summed E-state index contributed by atoms with van der Waals surface area (Å²) in [5, 5.41) is 2.90. The lowest BCUT2D eigenvalue weighted by Crippen LogP contribution is -2.33. The van der Waals surface area contributed by atoms with Crippen LogP contribution in [-0.4, -0.2) is 26.1 Å². The van der Waals surface area contributed by atoms with Gasteiger partial charge in [-0.15, -0.1) is 0 Å². The minimum atomic E-state index is -0.165. The number of carbonyl (C=O) groups is 1. The molecule has 0 saturated carbocycles. The third-order valence-corrected chi connectivity index (χ3v) is 4.76. The van der Waals surface area contributed by atoms with Gasteiger partial charge in [0.05, 0.1) is 18.5 Å². The maximum absolute atomic E-state index is 12.3. The van der Waals surface area contributed by atoms with E-state index in [2.05, 4.69) is 17.1 Å². The Balaban J connectivity index is 1.68. The Hall–Kier alpha value is -2.69. The molecular weight excluding hydrogens is 314 g/mol. The predicted molar refractivity (Wildman–Crippen MR) is 102 cm³/mol. The number of amides is 1. The number of nitrogens with zero attached hydrogens (tertiary/aromatic N) is 1. The highest BCUT2D eigenvalue weighted by atomic mass is 16.5. The molecular formula is C20H25N3O2. The molecule has 2 aromatic rings. The van der Waals surface area contributed by atoms with Crippen molar-refractivity contribution in [1.82, 2.24) is 0 Å². The quantitative estimate of drug-likeness (QED) is 0.832. The van der Waals surface area contributed by atoms with Crippen molar-refractivity contribution in [2.75, 3.05) is 36.1 Å². The lowest BCUT2D eigenvalue weighted by Gasteiger charge is -2.33. The summed E-state index contributed by atoms with van der Waals surface area (Å²) in [6, 6.07) is 12.7. The van der Waals surface area contributed by atoms with Gasteiger partial charge in [-0.3, -0.25) is 4.79 Å². The summed E-state index contributed by atoms with van der Waals surface area (Å²) in [5.74, 6) is 1.34. The summed E-state index contributed by atoms with van der Waals surface area (Å²) in [6.07, 6.45) is 2.38. The third-order valence-electron chi connectivity index (χ3n) is 4.76. The van der Waals surface area contributed by atoms with Gasteiger partial charge in [-0.2, -0.15) is 0 Å². The summed E-state index contributed by atoms with van der Waals surface area (Å²) in [7, 11) is 1.60. The zero-order valence-corrected chi connectivity index (χ0v) is 14.8. The molecule has 1 aliphatic heterocycles. The van der Waals surface area contributed by atoms with E-state index in [1.165, 1.54) is 12.8 Å². The van der Waals surface area contributed by atoms with E-state index in [9.17, 15) is 4.79 Å². The molecule has 0 aliphatic carbocycles. The van der Waals surface area contributed by atoms with Gasteiger partial charge < -0.3 is 20.7 Å². The fourth-order valence-electron chi connectivity index (χ4n) is 3.12. The Labute approximate surface area is 148 Å². The number of hydrogen-bond donors (Lipinski definition) is 2. The average Bonchev–Trinajstić information content (AvgIpc) is 2.63. The van der Waals surface area contributed by atoms with E-state index in [0.29, 0.717) is 16.9 Å². The molecule has 0 radical (unpaired) electrons. The van der Waals surface area contributed by atoms with Crippen LogP contribution in [0.25, 0.3) is 0 Å². The van der Waals surface area contributed by atoms with Crippen LogP contribution in [0.1, 0.15) is 30.1 Å². The van der Waals surface area contributed by atoms with E-state index in [1.807, 2.05) is 18.2 Å². The maximum atomic E-state index is 12.3. The number of hydrogen-bond acceptors (Lipinski definition) is 4. The second kappa shape index (κ2) is 7.47. The molecule has 0 atom stereocenters. The highest BCUT2D eigenvalue weighted by Crippen LogP contribution is 2.30. The van der Waals surface area contributed by atoms with Gasteiger partial charge in [-0.1, -0.05) is 6.92 Å². The molecule has 1 aliphatic rings. The zero-order chi connectivity index (χ0) is 17.8. The van der Waals surface area contributed by atoms with Crippen LogP contribution in [0, 0.1) is 5.92 Å². The Bertz CT molecular complexity index is 735. The molecule has 1 amide bonds. The van der Waals surface area contributed by atoms with Gasteiger partial charge in [0, 0.05) is 24.3 Å².